The predicted molar refractivity (Wildman–Crippen MR) is 168 cm³/mol. The number of para-hydroxylation sites is 2. The molecule has 2 unspecified atom stereocenters. The topological polar surface area (TPSA) is 119 Å². The normalized spacial score (nSPS) is 18.8. The van der Waals surface area contributed by atoms with Gasteiger partial charge in [0, 0.05) is 13.0 Å². The average molecular weight is 643 g/mol. The zero-order valence-electron chi connectivity index (χ0n) is 25.2. The number of H-pyrrole nitrogens is 1. The van der Waals surface area contributed by atoms with Crippen molar-refractivity contribution in [3.63, 3.8) is 0 Å². The van der Waals surface area contributed by atoms with E-state index < -0.39 is 45.5 Å². The predicted octanol–water partition coefficient (Wildman–Crippen LogP) is 7.37. The molecule has 5 rings (SSSR count). The van der Waals surface area contributed by atoms with Crippen molar-refractivity contribution in [2.45, 2.75) is 57.5 Å². The first-order valence-corrected chi connectivity index (χ1v) is 16.3. The van der Waals surface area contributed by atoms with Crippen LogP contribution in [-0.4, -0.2) is 48.5 Å². The third kappa shape index (κ3) is 7.51. The van der Waals surface area contributed by atoms with E-state index in [1.54, 1.807) is 48.5 Å². The lowest BCUT2D eigenvalue weighted by Crippen LogP contribution is -2.48. The minimum Gasteiger partial charge on any atom is -0.340 e. The molecule has 3 aromatic carbocycles. The summed E-state index contributed by atoms with van der Waals surface area (Å²) in [6.07, 6.45) is -4.75. The fourth-order valence-corrected chi connectivity index (χ4v) is 7.23. The molecule has 0 spiro atoms. The van der Waals surface area contributed by atoms with E-state index >= 15 is 0 Å². The summed E-state index contributed by atoms with van der Waals surface area (Å²) in [5.41, 5.74) is 2.82. The number of carbonyl (C=O) groups excluding carboxylic acids is 2. The van der Waals surface area contributed by atoms with Gasteiger partial charge in [-0.3, -0.25) is 23.4 Å². The van der Waals surface area contributed by atoms with E-state index in [0.717, 1.165) is 10.5 Å². The van der Waals surface area contributed by atoms with Crippen molar-refractivity contribution >= 4 is 33.6 Å². The lowest BCUT2D eigenvalue weighted by Gasteiger charge is -2.39. The van der Waals surface area contributed by atoms with Crippen molar-refractivity contribution in [3.8, 4) is 0 Å². The summed E-state index contributed by atoms with van der Waals surface area (Å²) in [5.74, 6) is -2.53. The Labute approximate surface area is 261 Å². The second-order valence-corrected chi connectivity index (χ2v) is 14.6. The summed E-state index contributed by atoms with van der Waals surface area (Å²) in [5, 5.41) is -0.834. The number of hydrogen-bond donors (Lipinski definition) is 4. The standard InChI is InChI=1S/C33H37F3N4O4S/c1-32(2,3)24(17-21-9-5-4-6-10-21)20-40(31(42)33(34,35)36)27(30-37-25-11-7-8-12-26(25)38-30)18-22-13-15-23(16-14-22)28-19-29(41)39-45(28,43)44/h4-16,24,27-28,43-44H,17-20H2,1-3H3,(H,37,38)(H,39,41)/t24?,27-,28?/m0/s1. The number of halogens is 3. The highest BCUT2D eigenvalue weighted by Crippen LogP contribution is 2.56. The SMILES string of the molecule is CC(C)(C)C(Cc1ccccc1)CN(C(=O)C(F)(F)F)[C@@H](Cc1ccc(C2CC(=O)NS2(O)O)cc1)c1nc2ccccc2[nH]1. The number of alkyl halides is 3. The molecule has 2 amide bonds. The van der Waals surface area contributed by atoms with Gasteiger partial charge in [-0.2, -0.15) is 13.2 Å². The number of nitrogens with one attached hydrogen (secondary N) is 2. The molecule has 1 fully saturated rings. The van der Waals surface area contributed by atoms with Crippen molar-refractivity contribution in [2.24, 2.45) is 11.3 Å². The Bertz CT molecular complexity index is 1620. The minimum atomic E-state index is -5.13. The maximum atomic E-state index is 14.3. The number of aromatic amines is 1. The molecule has 4 N–H and O–H groups in total. The fourth-order valence-electron chi connectivity index (χ4n) is 5.74. The average Bonchev–Trinajstić information content (AvgIpc) is 3.52. The molecule has 12 heteroatoms. The van der Waals surface area contributed by atoms with E-state index in [4.69, 9.17) is 0 Å². The van der Waals surface area contributed by atoms with Gasteiger partial charge in [0.25, 0.3) is 0 Å². The summed E-state index contributed by atoms with van der Waals surface area (Å²) in [4.78, 5) is 33.8. The molecule has 240 valence electrons. The van der Waals surface area contributed by atoms with Crippen molar-refractivity contribution in [1.29, 1.82) is 0 Å². The highest BCUT2D eigenvalue weighted by Gasteiger charge is 2.47. The van der Waals surface area contributed by atoms with Crippen molar-refractivity contribution in [1.82, 2.24) is 19.6 Å². The number of aromatic nitrogens is 2. The molecular formula is C33H37F3N4O4S. The molecule has 1 saturated heterocycles. The van der Waals surface area contributed by atoms with Gasteiger partial charge in [0.2, 0.25) is 5.91 Å². The van der Waals surface area contributed by atoms with E-state index in [0.29, 0.717) is 28.6 Å². The smallest absolute Gasteiger partial charge is 0.340 e. The summed E-state index contributed by atoms with van der Waals surface area (Å²) in [6.45, 7) is 5.70. The van der Waals surface area contributed by atoms with Crippen LogP contribution in [0.2, 0.25) is 0 Å². The molecule has 0 bridgehead atoms. The molecule has 0 radical (unpaired) electrons. The first kappa shape index (κ1) is 32.5. The van der Waals surface area contributed by atoms with Gasteiger partial charge in [-0.05, 0) is 46.6 Å². The Hall–Kier alpha value is -3.87. The highest BCUT2D eigenvalue weighted by molar-refractivity contribution is 8.23. The maximum absolute atomic E-state index is 14.3. The number of nitrogens with zero attached hydrogens (tertiary/aromatic N) is 2. The lowest BCUT2D eigenvalue weighted by molar-refractivity contribution is -0.189. The second kappa shape index (κ2) is 12.5. The summed E-state index contributed by atoms with van der Waals surface area (Å²) < 4.78 is 65.8. The number of imidazole rings is 1. The molecule has 2 heterocycles. The van der Waals surface area contributed by atoms with Gasteiger partial charge < -0.3 is 9.88 Å². The molecule has 45 heavy (non-hydrogen) atoms. The molecule has 1 aliphatic rings. The quantitative estimate of drug-likeness (QED) is 0.152. The molecule has 3 atom stereocenters. The summed E-state index contributed by atoms with van der Waals surface area (Å²) in [6, 6.07) is 22.1. The molecule has 8 nitrogen and oxygen atoms in total. The van der Waals surface area contributed by atoms with Crippen molar-refractivity contribution in [2.75, 3.05) is 6.54 Å². The van der Waals surface area contributed by atoms with Crippen LogP contribution in [-0.2, 0) is 22.4 Å². The first-order valence-electron chi connectivity index (χ1n) is 14.6. The molecule has 0 aliphatic carbocycles. The van der Waals surface area contributed by atoms with E-state index in [2.05, 4.69) is 14.7 Å². The second-order valence-electron chi connectivity index (χ2n) is 12.6. The van der Waals surface area contributed by atoms with Gasteiger partial charge in [-0.1, -0.05) is 87.5 Å². The zero-order chi connectivity index (χ0) is 32.6. The number of hydrogen-bond acceptors (Lipinski definition) is 5. The first-order chi connectivity index (χ1) is 21.1. The third-order valence-corrected chi connectivity index (χ3v) is 10.1. The van der Waals surface area contributed by atoms with Gasteiger partial charge in [0.15, 0.2) is 0 Å². The highest BCUT2D eigenvalue weighted by atomic mass is 32.3. The van der Waals surface area contributed by atoms with Crippen LogP contribution in [0.1, 0.15) is 61.0 Å². The van der Waals surface area contributed by atoms with Gasteiger partial charge in [0.1, 0.15) is 11.1 Å². The monoisotopic (exact) mass is 642 g/mol. The van der Waals surface area contributed by atoms with Crippen LogP contribution in [0.5, 0.6) is 0 Å². The summed E-state index contributed by atoms with van der Waals surface area (Å²) >= 11 is 0. The Morgan fingerprint density at radius 1 is 0.956 bits per heavy atom. The fraction of sp³-hybridized carbons (Fsp3) is 0.364. The van der Waals surface area contributed by atoms with Crippen LogP contribution >= 0.6 is 10.8 Å². The van der Waals surface area contributed by atoms with Gasteiger partial charge in [-0.15, -0.1) is 10.8 Å². The minimum absolute atomic E-state index is 0.00220. The van der Waals surface area contributed by atoms with Gasteiger partial charge in [0.05, 0.1) is 23.5 Å². The van der Waals surface area contributed by atoms with Crippen molar-refractivity contribution < 1.29 is 31.9 Å². The number of carbonyl (C=O) groups is 2. The van der Waals surface area contributed by atoms with Crippen LogP contribution < -0.4 is 4.72 Å². The molecule has 4 aromatic rings. The largest absolute Gasteiger partial charge is 0.471 e. The maximum Gasteiger partial charge on any atom is 0.471 e. The number of amides is 2. The number of rotatable bonds is 9. The Balaban J connectivity index is 1.55. The summed E-state index contributed by atoms with van der Waals surface area (Å²) in [7, 11) is -3.37. The van der Waals surface area contributed by atoms with Crippen molar-refractivity contribution in [3.05, 3.63) is 101 Å². The zero-order valence-corrected chi connectivity index (χ0v) is 26.0. The Kier molecular flexibility index (Phi) is 9.03. The van der Waals surface area contributed by atoms with E-state index in [9.17, 15) is 31.9 Å². The third-order valence-electron chi connectivity index (χ3n) is 8.38. The van der Waals surface area contributed by atoms with E-state index in [1.165, 1.54) is 0 Å². The van der Waals surface area contributed by atoms with Crippen LogP contribution in [0.25, 0.3) is 11.0 Å². The van der Waals surface area contributed by atoms with Crippen LogP contribution in [0, 0.1) is 11.3 Å². The molecular weight excluding hydrogens is 605 g/mol. The molecule has 1 aliphatic heterocycles. The van der Waals surface area contributed by atoms with Gasteiger partial charge in [-0.25, -0.2) is 4.98 Å². The van der Waals surface area contributed by atoms with E-state index in [-0.39, 0.29) is 31.1 Å². The molecule has 0 saturated carbocycles. The van der Waals surface area contributed by atoms with Crippen LogP contribution in [0.3, 0.4) is 0 Å². The van der Waals surface area contributed by atoms with Gasteiger partial charge >= 0.3 is 12.1 Å². The van der Waals surface area contributed by atoms with Crippen LogP contribution in [0.4, 0.5) is 13.2 Å². The number of fused-ring (bicyclic) bond motifs is 1. The Morgan fingerprint density at radius 2 is 1.58 bits per heavy atom. The Morgan fingerprint density at radius 3 is 2.16 bits per heavy atom. The number of benzene rings is 3. The lowest BCUT2D eigenvalue weighted by atomic mass is 9.76. The van der Waals surface area contributed by atoms with E-state index in [1.807, 2.05) is 51.1 Å². The van der Waals surface area contributed by atoms with Crippen LogP contribution in [0.15, 0.2) is 78.9 Å². The molecule has 1 aromatic heterocycles.